The van der Waals surface area contributed by atoms with E-state index in [1.54, 1.807) is 42.9 Å². The summed E-state index contributed by atoms with van der Waals surface area (Å²) in [6.07, 6.45) is 4.89. The number of pyridine rings is 1. The van der Waals surface area contributed by atoms with Crippen molar-refractivity contribution in [2.45, 2.75) is 11.5 Å². The van der Waals surface area contributed by atoms with Crippen LogP contribution < -0.4 is 0 Å². The van der Waals surface area contributed by atoms with Gasteiger partial charge in [-0.2, -0.15) is 4.98 Å². The fraction of sp³-hybridized carbons (Fsp3) is 0.0870. The Balaban J connectivity index is 1.53. The monoisotopic (exact) mass is 476 g/mol. The van der Waals surface area contributed by atoms with Gasteiger partial charge in [0, 0.05) is 35.2 Å². The average molecular weight is 476 g/mol. The van der Waals surface area contributed by atoms with E-state index in [0.29, 0.717) is 16.3 Å². The minimum Gasteiger partial charge on any atom is -0.452 e. The van der Waals surface area contributed by atoms with Crippen LogP contribution >= 0.6 is 11.8 Å². The molecule has 0 aliphatic rings. The highest BCUT2D eigenvalue weighted by Gasteiger charge is 2.23. The van der Waals surface area contributed by atoms with Crippen LogP contribution in [0.2, 0.25) is 0 Å². The molecule has 0 bridgehead atoms. The van der Waals surface area contributed by atoms with E-state index in [1.165, 1.54) is 42.1 Å². The first-order valence-electron chi connectivity index (χ1n) is 9.84. The number of hydrogen-bond donors (Lipinski definition) is 0. The fourth-order valence-electron chi connectivity index (χ4n) is 3.12. The predicted molar refractivity (Wildman–Crippen MR) is 121 cm³/mol. The number of carbonyl (C=O) groups is 2. The van der Waals surface area contributed by atoms with E-state index in [1.807, 2.05) is 0 Å². The smallest absolute Gasteiger partial charge is 0.339 e. The van der Waals surface area contributed by atoms with Crippen molar-refractivity contribution >= 4 is 29.2 Å². The molecule has 0 radical (unpaired) electrons. The Morgan fingerprint density at radius 3 is 2.62 bits per heavy atom. The van der Waals surface area contributed by atoms with E-state index in [2.05, 4.69) is 15.1 Å². The highest BCUT2D eigenvalue weighted by molar-refractivity contribution is 7.98. The number of nitro groups is 1. The molecule has 0 aliphatic heterocycles. The van der Waals surface area contributed by atoms with Crippen molar-refractivity contribution in [3.8, 4) is 11.4 Å². The zero-order valence-corrected chi connectivity index (χ0v) is 18.5. The lowest BCUT2D eigenvalue weighted by Crippen LogP contribution is -2.13. The van der Waals surface area contributed by atoms with Gasteiger partial charge in [-0.15, -0.1) is 11.8 Å². The van der Waals surface area contributed by atoms with Crippen LogP contribution in [0.1, 0.15) is 32.2 Å². The molecule has 4 aromatic rings. The maximum atomic E-state index is 13.1. The number of hydrogen-bond acceptors (Lipinski definition) is 10. The van der Waals surface area contributed by atoms with E-state index in [9.17, 15) is 19.7 Å². The molecule has 0 N–H and O–H groups in total. The summed E-state index contributed by atoms with van der Waals surface area (Å²) in [7, 11) is 0. The van der Waals surface area contributed by atoms with Gasteiger partial charge in [0.25, 0.3) is 11.6 Å². The van der Waals surface area contributed by atoms with Gasteiger partial charge in [-0.25, -0.2) is 4.79 Å². The van der Waals surface area contributed by atoms with Crippen LogP contribution in [0.15, 0.2) is 76.4 Å². The quantitative estimate of drug-likeness (QED) is 0.119. The highest BCUT2D eigenvalue weighted by Crippen LogP contribution is 2.29. The summed E-state index contributed by atoms with van der Waals surface area (Å²) >= 11 is 1.20. The molecule has 0 saturated heterocycles. The average Bonchev–Trinajstić information content (AvgIpc) is 3.36. The number of aromatic nitrogens is 3. The van der Waals surface area contributed by atoms with E-state index in [0.717, 1.165) is 0 Å². The van der Waals surface area contributed by atoms with Crippen molar-refractivity contribution < 1.29 is 23.8 Å². The van der Waals surface area contributed by atoms with Gasteiger partial charge >= 0.3 is 5.97 Å². The Bertz CT molecular complexity index is 1370. The summed E-state index contributed by atoms with van der Waals surface area (Å²) in [5.41, 5.74) is 0.611. The summed E-state index contributed by atoms with van der Waals surface area (Å²) in [4.78, 5) is 45.2. The Kier molecular flexibility index (Phi) is 6.74. The second-order valence-electron chi connectivity index (χ2n) is 6.85. The third kappa shape index (κ3) is 4.84. The standard InChI is InChI=1S/C23H16N4O6S/c1-34-19-9-8-14(11-18(19)27(30)31)21(28)16-6-2-3-7-17(16)23(29)32-13-20-25-22(26-33-20)15-5-4-10-24-12-15/h2-12H,13H2,1H3. The van der Waals surface area contributed by atoms with E-state index in [-0.39, 0.29) is 34.9 Å². The molecule has 0 spiro atoms. The molecule has 0 aliphatic carbocycles. The van der Waals surface area contributed by atoms with Crippen molar-refractivity contribution in [2.24, 2.45) is 0 Å². The fourth-order valence-corrected chi connectivity index (χ4v) is 3.67. The molecule has 170 valence electrons. The van der Waals surface area contributed by atoms with Gasteiger partial charge in [-0.05, 0) is 36.6 Å². The maximum Gasteiger partial charge on any atom is 0.339 e. The number of carbonyl (C=O) groups excluding carboxylic acids is 2. The van der Waals surface area contributed by atoms with Crippen LogP contribution in [0, 0.1) is 10.1 Å². The molecule has 0 saturated carbocycles. The molecule has 2 aromatic heterocycles. The van der Waals surface area contributed by atoms with Crippen molar-refractivity contribution in [1.82, 2.24) is 15.1 Å². The molecule has 0 atom stereocenters. The van der Waals surface area contributed by atoms with Gasteiger partial charge in [0.05, 0.1) is 15.4 Å². The Morgan fingerprint density at radius 1 is 1.12 bits per heavy atom. The minimum absolute atomic E-state index is 0.0103. The zero-order chi connectivity index (χ0) is 24.1. The lowest BCUT2D eigenvalue weighted by molar-refractivity contribution is -0.387. The summed E-state index contributed by atoms with van der Waals surface area (Å²) in [5, 5.41) is 15.2. The van der Waals surface area contributed by atoms with Crippen LogP contribution in [0.4, 0.5) is 5.69 Å². The van der Waals surface area contributed by atoms with Gasteiger partial charge in [0.15, 0.2) is 12.4 Å². The lowest BCUT2D eigenvalue weighted by atomic mass is 9.98. The third-order valence-electron chi connectivity index (χ3n) is 4.74. The molecule has 0 fully saturated rings. The number of esters is 1. The first-order chi connectivity index (χ1) is 16.5. The molecule has 2 heterocycles. The second kappa shape index (κ2) is 10.0. The molecule has 4 rings (SSSR count). The summed E-state index contributed by atoms with van der Waals surface area (Å²) in [5.74, 6) is -0.954. The van der Waals surface area contributed by atoms with Gasteiger partial charge in [-0.1, -0.05) is 23.4 Å². The van der Waals surface area contributed by atoms with Gasteiger partial charge in [0.1, 0.15) is 0 Å². The van der Waals surface area contributed by atoms with Crippen molar-refractivity contribution in [1.29, 1.82) is 0 Å². The maximum absolute atomic E-state index is 13.1. The van der Waals surface area contributed by atoms with Crippen LogP contribution in [0.25, 0.3) is 11.4 Å². The molecular formula is C23H16N4O6S. The summed E-state index contributed by atoms with van der Waals surface area (Å²) < 4.78 is 10.4. The number of ketones is 1. The number of nitrogens with zero attached hydrogens (tertiary/aromatic N) is 4. The van der Waals surface area contributed by atoms with Gasteiger partial charge in [-0.3, -0.25) is 19.9 Å². The Morgan fingerprint density at radius 2 is 1.91 bits per heavy atom. The number of benzene rings is 2. The van der Waals surface area contributed by atoms with Crippen LogP contribution in [0.5, 0.6) is 0 Å². The molecule has 2 aromatic carbocycles. The van der Waals surface area contributed by atoms with Crippen molar-refractivity contribution in [3.05, 3.63) is 99.7 Å². The number of nitro benzene ring substituents is 1. The van der Waals surface area contributed by atoms with Gasteiger partial charge < -0.3 is 9.26 Å². The van der Waals surface area contributed by atoms with E-state index in [4.69, 9.17) is 9.26 Å². The van der Waals surface area contributed by atoms with Crippen LogP contribution in [-0.4, -0.2) is 38.1 Å². The van der Waals surface area contributed by atoms with Crippen LogP contribution in [0.3, 0.4) is 0 Å². The second-order valence-corrected chi connectivity index (χ2v) is 7.70. The molecule has 0 unspecified atom stereocenters. The topological polar surface area (TPSA) is 138 Å². The molecule has 34 heavy (non-hydrogen) atoms. The Labute approximate surface area is 197 Å². The number of thioether (sulfide) groups is 1. The van der Waals surface area contributed by atoms with Crippen LogP contribution in [-0.2, 0) is 11.3 Å². The largest absolute Gasteiger partial charge is 0.452 e. The van der Waals surface area contributed by atoms with Gasteiger partial charge in [0.2, 0.25) is 5.82 Å². The molecule has 10 nitrogen and oxygen atoms in total. The lowest BCUT2D eigenvalue weighted by Gasteiger charge is -2.09. The molecule has 0 amide bonds. The SMILES string of the molecule is CSc1ccc(C(=O)c2ccccc2C(=O)OCc2nc(-c3cccnc3)no2)cc1[N+](=O)[O-]. The highest BCUT2D eigenvalue weighted by atomic mass is 32.2. The minimum atomic E-state index is -0.777. The van der Waals surface area contributed by atoms with E-state index < -0.39 is 16.7 Å². The first-order valence-corrected chi connectivity index (χ1v) is 11.1. The molecular weight excluding hydrogens is 460 g/mol. The predicted octanol–water partition coefficient (Wildman–Crippen LogP) is 4.35. The molecule has 11 heteroatoms. The third-order valence-corrected chi connectivity index (χ3v) is 5.53. The van der Waals surface area contributed by atoms with Crippen molar-refractivity contribution in [3.63, 3.8) is 0 Å². The summed E-state index contributed by atoms with van der Waals surface area (Å²) in [6, 6.07) is 13.7. The van der Waals surface area contributed by atoms with Crippen molar-refractivity contribution in [2.75, 3.05) is 6.26 Å². The summed E-state index contributed by atoms with van der Waals surface area (Å²) in [6.45, 7) is -0.303. The zero-order valence-electron chi connectivity index (χ0n) is 17.7. The first kappa shape index (κ1) is 22.8. The number of rotatable bonds is 8. The van der Waals surface area contributed by atoms with E-state index >= 15 is 0 Å². The normalized spacial score (nSPS) is 10.6. The number of ether oxygens (including phenoxy) is 1. The Hall–Kier alpha value is -4.38.